The molecule has 6 heteroatoms. The summed E-state index contributed by atoms with van der Waals surface area (Å²) in [4.78, 5) is 19.3. The highest BCUT2D eigenvalue weighted by Crippen LogP contribution is 2.30. The first-order chi connectivity index (χ1) is 13.1. The third-order valence-electron chi connectivity index (χ3n) is 4.90. The van der Waals surface area contributed by atoms with E-state index in [-0.39, 0.29) is 18.6 Å². The number of hydrogen-bond donors (Lipinski definition) is 1. The van der Waals surface area contributed by atoms with Crippen molar-refractivity contribution >= 4 is 11.6 Å². The summed E-state index contributed by atoms with van der Waals surface area (Å²) in [5.41, 5.74) is 4.48. The molecule has 142 valence electrons. The molecule has 0 bridgehead atoms. The van der Waals surface area contributed by atoms with E-state index in [9.17, 15) is 9.90 Å². The molecule has 1 saturated heterocycles. The standard InChI is InChI=1S/C21H24N2O4/c1-14-19(5-4-6-20(14)26-2)15-7-9-16(10-8-15)21(25)23-12-17(22-27-3)11-18(23)13-24/h4-10,18,24H,11-13H2,1-3H3/b22-17+/t18-/m0/s1. The van der Waals surface area contributed by atoms with Gasteiger partial charge >= 0.3 is 0 Å². The van der Waals surface area contributed by atoms with Crippen LogP contribution in [0.25, 0.3) is 11.1 Å². The van der Waals surface area contributed by atoms with E-state index in [1.807, 2.05) is 49.4 Å². The van der Waals surface area contributed by atoms with Crippen molar-refractivity contribution in [3.8, 4) is 16.9 Å². The minimum atomic E-state index is -0.272. The van der Waals surface area contributed by atoms with Gasteiger partial charge in [-0.3, -0.25) is 4.79 Å². The van der Waals surface area contributed by atoms with Crippen molar-refractivity contribution < 1.29 is 19.5 Å². The van der Waals surface area contributed by atoms with E-state index in [4.69, 9.17) is 9.57 Å². The smallest absolute Gasteiger partial charge is 0.254 e. The summed E-state index contributed by atoms with van der Waals surface area (Å²) in [6, 6.07) is 13.1. The van der Waals surface area contributed by atoms with E-state index in [1.54, 1.807) is 12.0 Å². The van der Waals surface area contributed by atoms with Crippen LogP contribution in [0.5, 0.6) is 5.75 Å². The average Bonchev–Trinajstić information content (AvgIpc) is 3.11. The Balaban J connectivity index is 1.83. The number of carbonyl (C=O) groups is 1. The molecule has 2 aromatic carbocycles. The van der Waals surface area contributed by atoms with Crippen molar-refractivity contribution in [1.82, 2.24) is 4.90 Å². The summed E-state index contributed by atoms with van der Waals surface area (Å²) >= 11 is 0. The van der Waals surface area contributed by atoms with Gasteiger partial charge in [0.2, 0.25) is 0 Å². The number of oxime groups is 1. The number of amides is 1. The molecule has 27 heavy (non-hydrogen) atoms. The maximum absolute atomic E-state index is 12.9. The Morgan fingerprint density at radius 3 is 2.59 bits per heavy atom. The number of hydrogen-bond acceptors (Lipinski definition) is 5. The number of ether oxygens (including phenoxy) is 1. The molecule has 1 amide bonds. The van der Waals surface area contributed by atoms with E-state index in [1.165, 1.54) is 7.11 Å². The number of likely N-dealkylation sites (tertiary alicyclic amines) is 1. The van der Waals surface area contributed by atoms with Gasteiger partial charge in [0.25, 0.3) is 5.91 Å². The second-order valence-electron chi connectivity index (χ2n) is 6.52. The topological polar surface area (TPSA) is 71.4 Å². The van der Waals surface area contributed by atoms with Gasteiger partial charge in [-0.15, -0.1) is 0 Å². The van der Waals surface area contributed by atoms with E-state index in [0.29, 0.717) is 18.5 Å². The highest BCUT2D eigenvalue weighted by molar-refractivity contribution is 6.00. The Bertz CT molecular complexity index is 846. The van der Waals surface area contributed by atoms with Crippen LogP contribution in [0.3, 0.4) is 0 Å². The van der Waals surface area contributed by atoms with Gasteiger partial charge in [0, 0.05) is 12.0 Å². The van der Waals surface area contributed by atoms with Crippen LogP contribution < -0.4 is 4.74 Å². The maximum Gasteiger partial charge on any atom is 0.254 e. The second-order valence-corrected chi connectivity index (χ2v) is 6.52. The first-order valence-electron chi connectivity index (χ1n) is 8.83. The van der Waals surface area contributed by atoms with E-state index in [2.05, 4.69) is 5.16 Å². The summed E-state index contributed by atoms with van der Waals surface area (Å²) in [5, 5.41) is 13.5. The summed E-state index contributed by atoms with van der Waals surface area (Å²) in [6.45, 7) is 2.28. The summed E-state index contributed by atoms with van der Waals surface area (Å²) in [6.07, 6.45) is 0.525. The van der Waals surface area contributed by atoms with Gasteiger partial charge in [-0.1, -0.05) is 29.4 Å². The van der Waals surface area contributed by atoms with Gasteiger partial charge in [-0.25, -0.2) is 0 Å². The number of aliphatic hydroxyl groups excluding tert-OH is 1. The second kappa shape index (κ2) is 8.22. The molecule has 2 aromatic rings. The van der Waals surface area contributed by atoms with Crippen molar-refractivity contribution in [2.45, 2.75) is 19.4 Å². The monoisotopic (exact) mass is 368 g/mol. The maximum atomic E-state index is 12.9. The highest BCUT2D eigenvalue weighted by atomic mass is 16.6. The lowest BCUT2D eigenvalue weighted by molar-refractivity contribution is 0.0680. The Labute approximate surface area is 159 Å². The molecule has 1 N–H and O–H groups in total. The lowest BCUT2D eigenvalue weighted by Gasteiger charge is -2.22. The van der Waals surface area contributed by atoms with Crippen LogP contribution in [-0.4, -0.2) is 55.0 Å². The van der Waals surface area contributed by atoms with Crippen molar-refractivity contribution in [2.75, 3.05) is 27.4 Å². The van der Waals surface area contributed by atoms with Crippen LogP contribution in [-0.2, 0) is 4.84 Å². The van der Waals surface area contributed by atoms with Crippen LogP contribution in [0.1, 0.15) is 22.3 Å². The zero-order chi connectivity index (χ0) is 19.4. The molecule has 0 aliphatic carbocycles. The van der Waals surface area contributed by atoms with Crippen molar-refractivity contribution in [1.29, 1.82) is 0 Å². The molecular formula is C21H24N2O4. The molecular weight excluding hydrogens is 344 g/mol. The predicted octanol–water partition coefficient (Wildman–Crippen LogP) is 2.88. The van der Waals surface area contributed by atoms with Crippen LogP contribution >= 0.6 is 0 Å². The van der Waals surface area contributed by atoms with Crippen LogP contribution in [0.4, 0.5) is 0 Å². The number of aliphatic hydroxyl groups is 1. The van der Waals surface area contributed by atoms with Gasteiger partial charge in [-0.05, 0) is 41.8 Å². The molecule has 3 rings (SSSR count). The Morgan fingerprint density at radius 1 is 1.22 bits per heavy atom. The first kappa shape index (κ1) is 18.9. The quantitative estimate of drug-likeness (QED) is 0.824. The Morgan fingerprint density at radius 2 is 1.96 bits per heavy atom. The van der Waals surface area contributed by atoms with E-state index in [0.717, 1.165) is 28.2 Å². The third kappa shape index (κ3) is 3.80. The SMILES string of the molecule is CO/N=C1\C[C@@H](CO)N(C(=O)c2ccc(-c3cccc(OC)c3C)cc2)C1. The summed E-state index contributed by atoms with van der Waals surface area (Å²) in [7, 11) is 3.13. The van der Waals surface area contributed by atoms with Crippen molar-refractivity contribution in [2.24, 2.45) is 5.16 Å². The Hall–Kier alpha value is -2.86. The molecule has 0 aromatic heterocycles. The Kier molecular flexibility index (Phi) is 5.76. The average molecular weight is 368 g/mol. The number of rotatable bonds is 5. The fourth-order valence-electron chi connectivity index (χ4n) is 3.47. The van der Waals surface area contributed by atoms with Gasteiger partial charge in [0.15, 0.2) is 0 Å². The van der Waals surface area contributed by atoms with Crippen LogP contribution in [0, 0.1) is 6.92 Å². The molecule has 1 atom stereocenters. The zero-order valence-electron chi connectivity index (χ0n) is 15.8. The van der Waals surface area contributed by atoms with E-state index < -0.39 is 0 Å². The largest absolute Gasteiger partial charge is 0.496 e. The third-order valence-corrected chi connectivity index (χ3v) is 4.90. The predicted molar refractivity (Wildman–Crippen MR) is 104 cm³/mol. The van der Waals surface area contributed by atoms with Crippen LogP contribution in [0.15, 0.2) is 47.6 Å². The molecule has 0 radical (unpaired) electrons. The molecule has 1 heterocycles. The molecule has 1 aliphatic rings. The fourth-order valence-corrected chi connectivity index (χ4v) is 3.47. The first-order valence-corrected chi connectivity index (χ1v) is 8.83. The normalized spacial score (nSPS) is 18.0. The molecule has 0 spiro atoms. The molecule has 1 fully saturated rings. The number of carbonyl (C=O) groups excluding carboxylic acids is 1. The van der Waals surface area contributed by atoms with Gasteiger partial charge in [0.05, 0.1) is 32.0 Å². The summed E-state index contributed by atoms with van der Waals surface area (Å²) < 4.78 is 5.38. The lowest BCUT2D eigenvalue weighted by atomic mass is 9.98. The van der Waals surface area contributed by atoms with Gasteiger partial charge in [0.1, 0.15) is 12.9 Å². The number of methoxy groups -OCH3 is 1. The molecule has 0 unspecified atom stereocenters. The lowest BCUT2D eigenvalue weighted by Crippen LogP contribution is -2.37. The van der Waals surface area contributed by atoms with Crippen molar-refractivity contribution in [3.05, 3.63) is 53.6 Å². The number of nitrogens with zero attached hydrogens (tertiary/aromatic N) is 2. The van der Waals surface area contributed by atoms with Gasteiger partial charge < -0.3 is 19.6 Å². The molecule has 6 nitrogen and oxygen atoms in total. The van der Waals surface area contributed by atoms with Gasteiger partial charge in [-0.2, -0.15) is 0 Å². The van der Waals surface area contributed by atoms with Crippen LogP contribution in [0.2, 0.25) is 0 Å². The minimum Gasteiger partial charge on any atom is -0.496 e. The zero-order valence-corrected chi connectivity index (χ0v) is 15.8. The molecule has 0 saturated carbocycles. The highest BCUT2D eigenvalue weighted by Gasteiger charge is 2.33. The van der Waals surface area contributed by atoms with Crippen molar-refractivity contribution in [3.63, 3.8) is 0 Å². The number of benzene rings is 2. The minimum absolute atomic E-state index is 0.102. The van der Waals surface area contributed by atoms with E-state index >= 15 is 0 Å². The fraction of sp³-hybridized carbons (Fsp3) is 0.333. The molecule has 1 aliphatic heterocycles. The summed E-state index contributed by atoms with van der Waals surface area (Å²) in [5.74, 6) is 0.713.